The Kier molecular flexibility index (Phi) is 6.01. The van der Waals surface area contributed by atoms with Crippen molar-refractivity contribution in [3.05, 3.63) is 65.2 Å². The zero-order chi connectivity index (χ0) is 19.2. The number of carbonyl (C=O) groups is 2. The van der Waals surface area contributed by atoms with Gasteiger partial charge in [0.25, 0.3) is 11.8 Å². The molecule has 2 aromatic carbocycles. The van der Waals surface area contributed by atoms with Crippen LogP contribution >= 0.6 is 0 Å². The van der Waals surface area contributed by atoms with Gasteiger partial charge in [0.2, 0.25) is 0 Å². The first-order valence-electron chi connectivity index (χ1n) is 9.48. The molecule has 0 aromatic heterocycles. The van der Waals surface area contributed by atoms with Crippen molar-refractivity contribution < 1.29 is 9.59 Å². The van der Waals surface area contributed by atoms with Crippen LogP contribution in [0.1, 0.15) is 54.1 Å². The highest BCUT2D eigenvalue weighted by Crippen LogP contribution is 2.32. The van der Waals surface area contributed by atoms with Crippen molar-refractivity contribution in [2.75, 3.05) is 11.4 Å². The lowest BCUT2D eigenvalue weighted by molar-refractivity contribution is -0.112. The molecule has 140 valence electrons. The molecule has 5 nitrogen and oxygen atoms in total. The van der Waals surface area contributed by atoms with E-state index < -0.39 is 0 Å². The van der Waals surface area contributed by atoms with Crippen molar-refractivity contribution in [2.45, 2.75) is 39.5 Å². The molecule has 0 radical (unpaired) electrons. The van der Waals surface area contributed by atoms with E-state index in [0.717, 1.165) is 42.5 Å². The molecule has 1 aliphatic heterocycles. The minimum Gasteiger partial charge on any atom is -0.306 e. The van der Waals surface area contributed by atoms with Crippen LogP contribution in [0.15, 0.2) is 53.6 Å². The average molecular weight is 363 g/mol. The van der Waals surface area contributed by atoms with E-state index in [1.807, 2.05) is 31.2 Å². The van der Waals surface area contributed by atoms with E-state index in [0.29, 0.717) is 17.8 Å². The first kappa shape index (κ1) is 18.8. The highest BCUT2D eigenvalue weighted by molar-refractivity contribution is 6.54. The summed E-state index contributed by atoms with van der Waals surface area (Å²) in [4.78, 5) is 27.0. The molecule has 0 spiro atoms. The molecule has 0 bridgehead atoms. The van der Waals surface area contributed by atoms with Crippen molar-refractivity contribution in [3.8, 4) is 0 Å². The Balaban J connectivity index is 1.82. The molecule has 27 heavy (non-hydrogen) atoms. The third-order valence-corrected chi connectivity index (χ3v) is 4.75. The van der Waals surface area contributed by atoms with Crippen molar-refractivity contribution in [1.29, 1.82) is 0 Å². The number of unbranched alkanes of at least 4 members (excludes halogenated alkanes) is 3. The molecule has 1 heterocycles. The number of hydrazone groups is 1. The number of aryl methyl sites for hydroxylation is 1. The molecule has 2 aromatic rings. The maximum absolute atomic E-state index is 13.0. The smallest absolute Gasteiger partial charge is 0.279 e. The molecule has 0 saturated heterocycles. The van der Waals surface area contributed by atoms with E-state index in [9.17, 15) is 9.59 Å². The summed E-state index contributed by atoms with van der Waals surface area (Å²) in [6.07, 6.45) is 4.37. The molecular formula is C22H25N3O2. The van der Waals surface area contributed by atoms with Crippen LogP contribution in [0.4, 0.5) is 5.69 Å². The quantitative estimate of drug-likeness (QED) is 0.596. The van der Waals surface area contributed by atoms with Crippen LogP contribution in [-0.4, -0.2) is 24.1 Å². The second-order valence-electron chi connectivity index (χ2n) is 6.76. The monoisotopic (exact) mass is 363 g/mol. The van der Waals surface area contributed by atoms with Gasteiger partial charge in [0.05, 0.1) is 5.69 Å². The van der Waals surface area contributed by atoms with Gasteiger partial charge in [-0.1, -0.05) is 62.6 Å². The normalized spacial score (nSPS) is 14.5. The topological polar surface area (TPSA) is 61.8 Å². The zero-order valence-corrected chi connectivity index (χ0v) is 15.9. The minimum atomic E-state index is -0.327. The van der Waals surface area contributed by atoms with Crippen LogP contribution in [0.3, 0.4) is 0 Å². The third kappa shape index (κ3) is 4.08. The number of amides is 2. The number of nitrogens with one attached hydrogen (secondary N) is 1. The van der Waals surface area contributed by atoms with Gasteiger partial charge in [0.1, 0.15) is 0 Å². The summed E-state index contributed by atoms with van der Waals surface area (Å²) in [5.74, 6) is -0.476. The average Bonchev–Trinajstić information content (AvgIpc) is 2.96. The number of carbonyl (C=O) groups excluding carboxylic acids is 2. The maximum atomic E-state index is 13.0. The van der Waals surface area contributed by atoms with E-state index in [1.54, 1.807) is 29.2 Å². The predicted octanol–water partition coefficient (Wildman–Crippen LogP) is 4.06. The Labute approximate surface area is 160 Å². The van der Waals surface area contributed by atoms with Gasteiger partial charge in [-0.05, 0) is 31.0 Å². The summed E-state index contributed by atoms with van der Waals surface area (Å²) in [7, 11) is 0. The summed E-state index contributed by atoms with van der Waals surface area (Å²) in [6.45, 7) is 4.83. The van der Waals surface area contributed by atoms with Crippen LogP contribution in [0, 0.1) is 6.92 Å². The second-order valence-corrected chi connectivity index (χ2v) is 6.76. The lowest BCUT2D eigenvalue weighted by Crippen LogP contribution is -2.32. The Morgan fingerprint density at radius 2 is 1.81 bits per heavy atom. The fourth-order valence-corrected chi connectivity index (χ4v) is 3.33. The van der Waals surface area contributed by atoms with E-state index >= 15 is 0 Å². The first-order chi connectivity index (χ1) is 13.1. The molecular weight excluding hydrogens is 338 g/mol. The maximum Gasteiger partial charge on any atom is 0.279 e. The van der Waals surface area contributed by atoms with Crippen LogP contribution in [0.2, 0.25) is 0 Å². The van der Waals surface area contributed by atoms with Crippen LogP contribution in [0.5, 0.6) is 0 Å². The van der Waals surface area contributed by atoms with Gasteiger partial charge in [-0.15, -0.1) is 0 Å². The molecule has 1 N–H and O–H groups in total. The van der Waals surface area contributed by atoms with Gasteiger partial charge in [-0.25, -0.2) is 5.43 Å². The van der Waals surface area contributed by atoms with Gasteiger partial charge >= 0.3 is 0 Å². The SMILES string of the molecule is CCCCCCN1C(=O)C(=NNC(=O)c2ccccc2)c2cccc(C)c21. The lowest BCUT2D eigenvalue weighted by Gasteiger charge is -2.18. The minimum absolute atomic E-state index is 0.149. The Morgan fingerprint density at radius 1 is 1.04 bits per heavy atom. The molecule has 0 atom stereocenters. The van der Waals surface area contributed by atoms with Gasteiger partial charge in [-0.2, -0.15) is 5.10 Å². The predicted molar refractivity (Wildman–Crippen MR) is 108 cm³/mol. The summed E-state index contributed by atoms with van der Waals surface area (Å²) in [5.41, 5.74) is 6.07. The Morgan fingerprint density at radius 3 is 2.56 bits per heavy atom. The highest BCUT2D eigenvalue weighted by atomic mass is 16.2. The fraction of sp³-hybridized carbons (Fsp3) is 0.318. The zero-order valence-electron chi connectivity index (χ0n) is 15.9. The Bertz CT molecular complexity index is 859. The fourth-order valence-electron chi connectivity index (χ4n) is 3.33. The third-order valence-electron chi connectivity index (χ3n) is 4.75. The van der Waals surface area contributed by atoms with Gasteiger partial charge in [0.15, 0.2) is 5.71 Å². The largest absolute Gasteiger partial charge is 0.306 e. The molecule has 0 saturated carbocycles. The van der Waals surface area contributed by atoms with E-state index in [4.69, 9.17) is 0 Å². The molecule has 5 heteroatoms. The summed E-state index contributed by atoms with van der Waals surface area (Å²) < 4.78 is 0. The van der Waals surface area contributed by atoms with Crippen LogP contribution in [0.25, 0.3) is 0 Å². The van der Waals surface area contributed by atoms with Crippen LogP contribution < -0.4 is 10.3 Å². The van der Waals surface area contributed by atoms with Crippen molar-refractivity contribution in [2.24, 2.45) is 5.10 Å². The number of anilines is 1. The summed E-state index contributed by atoms with van der Waals surface area (Å²) in [6, 6.07) is 14.7. The van der Waals surface area contributed by atoms with Crippen molar-refractivity contribution in [1.82, 2.24) is 5.43 Å². The Hall–Kier alpha value is -2.95. The van der Waals surface area contributed by atoms with E-state index in [1.165, 1.54) is 0 Å². The number of rotatable bonds is 7. The second kappa shape index (κ2) is 8.62. The lowest BCUT2D eigenvalue weighted by atomic mass is 10.1. The van der Waals surface area contributed by atoms with Gasteiger partial charge in [-0.3, -0.25) is 9.59 Å². The summed E-state index contributed by atoms with van der Waals surface area (Å²) >= 11 is 0. The molecule has 0 fully saturated rings. The van der Waals surface area contributed by atoms with E-state index in [2.05, 4.69) is 17.5 Å². The number of hydrogen-bond donors (Lipinski definition) is 1. The van der Waals surface area contributed by atoms with Crippen molar-refractivity contribution in [3.63, 3.8) is 0 Å². The van der Waals surface area contributed by atoms with Gasteiger partial charge in [0, 0.05) is 17.7 Å². The summed E-state index contributed by atoms with van der Waals surface area (Å²) in [5, 5.41) is 4.18. The van der Waals surface area contributed by atoms with Crippen LogP contribution in [-0.2, 0) is 4.79 Å². The number of hydrogen-bond acceptors (Lipinski definition) is 3. The number of para-hydroxylation sites is 1. The highest BCUT2D eigenvalue weighted by Gasteiger charge is 2.35. The van der Waals surface area contributed by atoms with Gasteiger partial charge < -0.3 is 4.90 Å². The molecule has 3 rings (SSSR count). The standard InChI is InChI=1S/C22H25N3O2/c1-3-4-5-9-15-25-20-16(2)11-10-14-18(20)19(22(25)27)23-24-21(26)17-12-7-6-8-13-17/h6-8,10-14H,3-5,9,15H2,1-2H3,(H,24,26). The molecule has 0 aliphatic carbocycles. The number of fused-ring (bicyclic) bond motifs is 1. The number of nitrogens with zero attached hydrogens (tertiary/aromatic N) is 2. The molecule has 1 aliphatic rings. The molecule has 2 amide bonds. The van der Waals surface area contributed by atoms with E-state index in [-0.39, 0.29) is 11.8 Å². The number of benzene rings is 2. The first-order valence-corrected chi connectivity index (χ1v) is 9.48. The molecule has 0 unspecified atom stereocenters. The van der Waals surface area contributed by atoms with Crippen molar-refractivity contribution >= 4 is 23.2 Å².